The lowest BCUT2D eigenvalue weighted by Gasteiger charge is -2.36. The average molecular weight is 945 g/mol. The number of rotatable bonds is 9. The molecule has 0 unspecified atom stereocenters. The van der Waals surface area contributed by atoms with E-state index in [2.05, 4.69) is 49.9 Å². The molecular formula is C41H54F14N6O3. The van der Waals surface area contributed by atoms with E-state index in [9.17, 15) is 66.3 Å². The quantitative estimate of drug-likeness (QED) is 0.244. The molecule has 0 aliphatic carbocycles. The van der Waals surface area contributed by atoms with Gasteiger partial charge in [0.05, 0.1) is 13.3 Å². The summed E-state index contributed by atoms with van der Waals surface area (Å²) in [6, 6.07) is 12.7. The second kappa shape index (κ2) is 22.6. The smallest absolute Gasteiger partial charge is 0.426 e. The van der Waals surface area contributed by atoms with Gasteiger partial charge in [-0.25, -0.2) is 4.79 Å². The molecule has 2 aromatic carbocycles. The number of halogens is 14. The minimum Gasteiger partial charge on any atom is -0.426 e. The van der Waals surface area contributed by atoms with Gasteiger partial charge in [-0.3, -0.25) is 18.6 Å². The zero-order valence-corrected chi connectivity index (χ0v) is 35.3. The number of anilines is 2. The van der Waals surface area contributed by atoms with Crippen molar-refractivity contribution in [3.8, 4) is 0 Å². The number of ether oxygens (including phenoxy) is 1. The molecule has 6 rings (SSSR count). The molecule has 1 amide bonds. The number of benzene rings is 2. The van der Waals surface area contributed by atoms with Crippen LogP contribution in [0.4, 0.5) is 77.6 Å². The molecule has 0 aromatic heterocycles. The molecule has 4 heterocycles. The van der Waals surface area contributed by atoms with E-state index in [4.69, 9.17) is 5.11 Å². The number of alkyl halides is 14. The first-order chi connectivity index (χ1) is 29.8. The van der Waals surface area contributed by atoms with Crippen molar-refractivity contribution in [3.05, 3.63) is 58.7 Å². The molecule has 23 heteroatoms. The van der Waals surface area contributed by atoms with Gasteiger partial charge >= 0.3 is 30.8 Å². The van der Waals surface area contributed by atoms with Crippen molar-refractivity contribution in [1.82, 2.24) is 20.0 Å². The van der Waals surface area contributed by atoms with Crippen LogP contribution in [-0.4, -0.2) is 155 Å². The van der Waals surface area contributed by atoms with Crippen LogP contribution in [0.3, 0.4) is 0 Å². The molecular weight excluding hydrogens is 890 g/mol. The highest BCUT2D eigenvalue weighted by Gasteiger charge is 2.60. The first-order valence-corrected chi connectivity index (χ1v) is 20.7. The van der Waals surface area contributed by atoms with Gasteiger partial charge in [0, 0.05) is 115 Å². The van der Waals surface area contributed by atoms with E-state index in [-0.39, 0.29) is 51.4 Å². The van der Waals surface area contributed by atoms with Crippen molar-refractivity contribution in [2.24, 2.45) is 11.8 Å². The molecule has 4 aliphatic heterocycles. The third kappa shape index (κ3) is 15.7. The van der Waals surface area contributed by atoms with Crippen LogP contribution in [0.1, 0.15) is 35.1 Å². The fraction of sp³-hybridized carbons (Fsp3) is 0.683. The highest BCUT2D eigenvalue weighted by molar-refractivity contribution is 5.68. The number of aliphatic hydroxyl groups excluding tert-OH is 1. The topological polar surface area (TPSA) is 74.8 Å². The Morgan fingerprint density at radius 1 is 0.641 bits per heavy atom. The van der Waals surface area contributed by atoms with E-state index in [0.29, 0.717) is 13.1 Å². The minimum absolute atomic E-state index is 0.00913. The van der Waals surface area contributed by atoms with Gasteiger partial charge in [-0.05, 0) is 61.1 Å². The van der Waals surface area contributed by atoms with Gasteiger partial charge < -0.3 is 29.9 Å². The maximum Gasteiger partial charge on any atom is 0.434 e. The first-order valence-electron chi connectivity index (χ1n) is 20.7. The highest BCUT2D eigenvalue weighted by Crippen LogP contribution is 2.37. The number of hydrogen-bond donors (Lipinski definition) is 2. The number of hydrogen-bond acceptors (Lipinski definition) is 8. The monoisotopic (exact) mass is 944 g/mol. The second-order valence-electron chi connectivity index (χ2n) is 16.4. The van der Waals surface area contributed by atoms with Crippen LogP contribution in [0, 0.1) is 25.7 Å². The summed E-state index contributed by atoms with van der Waals surface area (Å²) in [4.78, 5) is 21.8. The van der Waals surface area contributed by atoms with E-state index in [0.717, 1.165) is 86.9 Å². The van der Waals surface area contributed by atoms with E-state index in [1.54, 1.807) is 0 Å². The summed E-state index contributed by atoms with van der Waals surface area (Å²) in [5.41, 5.74) is 7.04. The van der Waals surface area contributed by atoms with Gasteiger partial charge in [-0.1, -0.05) is 24.3 Å². The molecule has 2 aromatic rings. The fourth-order valence-electron chi connectivity index (χ4n) is 7.68. The van der Waals surface area contributed by atoms with Crippen LogP contribution >= 0.6 is 0 Å². The van der Waals surface area contributed by atoms with E-state index in [1.165, 1.54) is 16.8 Å². The maximum absolute atomic E-state index is 13.0. The third-order valence-corrected chi connectivity index (χ3v) is 11.2. The van der Waals surface area contributed by atoms with Crippen molar-refractivity contribution < 1.29 is 76.1 Å². The Bertz CT molecular complexity index is 1740. The van der Waals surface area contributed by atoms with Crippen LogP contribution in [0.15, 0.2) is 36.4 Å². The molecule has 2 atom stereocenters. The number of nitrogens with one attached hydrogen (secondary N) is 1. The first kappa shape index (κ1) is 52.8. The van der Waals surface area contributed by atoms with Crippen LogP contribution in [0.25, 0.3) is 0 Å². The molecule has 0 bridgehead atoms. The number of aliphatic hydroxyl groups is 1. The van der Waals surface area contributed by atoms with E-state index < -0.39 is 43.0 Å². The number of amides is 1. The standard InChI is InChI=1S/C21H26F7N3O2.C17H26FN3.C3H2F6O/c1-14-2-3-16(17(10-14)31-5-4-15(11-22)12-31)13-29-6-8-30(9-7-29)19(32)33-18(20(23,24)25)21(26,27)28;1-14-2-3-16(13-20-8-5-19-6-9-20)17(10-14)21-7-4-15(11-18)12-21;4-2(5,6)1(10)3(7,8)9/h2-3,10,15,18H,4-9,11-13H2,1H3;2-3,10,15,19H,4-9,11-13H2,1H3;1,10H/t2*15-;/m11./s1. The van der Waals surface area contributed by atoms with Crippen LogP contribution in [-0.2, 0) is 17.8 Å². The summed E-state index contributed by atoms with van der Waals surface area (Å²) in [5, 5.41) is 10.9. The normalized spacial score (nSPS) is 20.6. The van der Waals surface area contributed by atoms with Gasteiger partial charge in [0.1, 0.15) is 0 Å². The zero-order valence-electron chi connectivity index (χ0n) is 35.3. The maximum atomic E-state index is 13.0. The Kier molecular flexibility index (Phi) is 18.6. The Morgan fingerprint density at radius 2 is 1.05 bits per heavy atom. The zero-order chi connectivity index (χ0) is 47.6. The molecule has 4 fully saturated rings. The lowest BCUT2D eigenvalue weighted by molar-refractivity contribution is -0.309. The van der Waals surface area contributed by atoms with Crippen molar-refractivity contribution in [2.75, 3.05) is 102 Å². The lowest BCUT2D eigenvalue weighted by atomic mass is 10.1. The second-order valence-corrected chi connectivity index (χ2v) is 16.4. The molecule has 0 spiro atoms. The van der Waals surface area contributed by atoms with Crippen molar-refractivity contribution in [1.29, 1.82) is 0 Å². The SMILES string of the molecule is Cc1ccc(CN2CCN(C(=O)OC(C(F)(F)F)C(F)(F)F)CC2)c(N2CC[C@H](CF)C2)c1.Cc1ccc(CN2CCNCC2)c(N2CC[C@H](CF)C2)c1.OC(C(F)(F)F)C(F)(F)F. The van der Waals surface area contributed by atoms with Gasteiger partial charge in [-0.2, -0.15) is 52.7 Å². The van der Waals surface area contributed by atoms with Crippen molar-refractivity contribution in [3.63, 3.8) is 0 Å². The van der Waals surface area contributed by atoms with Gasteiger partial charge in [0.15, 0.2) is 0 Å². The number of carbonyl (C=O) groups excluding carboxylic acids is 1. The number of carbonyl (C=O) groups is 1. The Morgan fingerprint density at radius 3 is 1.39 bits per heavy atom. The van der Waals surface area contributed by atoms with Gasteiger partial charge in [0.25, 0.3) is 6.10 Å². The lowest BCUT2D eigenvalue weighted by Crippen LogP contribution is -2.52. The van der Waals surface area contributed by atoms with Crippen molar-refractivity contribution >= 4 is 17.5 Å². The van der Waals surface area contributed by atoms with Crippen LogP contribution in [0.2, 0.25) is 0 Å². The molecule has 64 heavy (non-hydrogen) atoms. The Hall–Kier alpha value is -3.83. The number of piperazine rings is 2. The number of nitrogens with zero attached hydrogens (tertiary/aromatic N) is 5. The Balaban J connectivity index is 0.000000245. The summed E-state index contributed by atoms with van der Waals surface area (Å²) in [6.07, 6.45) is -31.0. The van der Waals surface area contributed by atoms with E-state index >= 15 is 0 Å². The summed E-state index contributed by atoms with van der Waals surface area (Å²) < 4.78 is 171. The third-order valence-electron chi connectivity index (χ3n) is 11.2. The van der Waals surface area contributed by atoms with E-state index in [1.807, 2.05) is 30.0 Å². The molecule has 2 N–H and O–H groups in total. The van der Waals surface area contributed by atoms with Crippen molar-refractivity contribution in [2.45, 2.75) is 76.7 Å². The van der Waals surface area contributed by atoms with Gasteiger partial charge in [0.2, 0.25) is 6.10 Å². The Labute approximate surface area is 362 Å². The molecule has 0 saturated carbocycles. The summed E-state index contributed by atoms with van der Waals surface area (Å²) in [6.45, 7) is 13.0. The molecule has 364 valence electrons. The fourth-order valence-corrected chi connectivity index (χ4v) is 7.68. The minimum atomic E-state index is -5.74. The molecule has 4 saturated heterocycles. The van der Waals surface area contributed by atoms with Crippen LogP contribution in [0.5, 0.6) is 0 Å². The van der Waals surface area contributed by atoms with Gasteiger partial charge in [-0.15, -0.1) is 0 Å². The number of aryl methyl sites for hydroxylation is 2. The predicted molar refractivity (Wildman–Crippen MR) is 210 cm³/mol. The largest absolute Gasteiger partial charge is 0.434 e. The van der Waals surface area contributed by atoms with Crippen LogP contribution < -0.4 is 15.1 Å². The summed E-state index contributed by atoms with van der Waals surface area (Å²) >= 11 is 0. The molecule has 4 aliphatic rings. The highest BCUT2D eigenvalue weighted by atomic mass is 19.4. The summed E-state index contributed by atoms with van der Waals surface area (Å²) in [7, 11) is 0. The average Bonchev–Trinajstić information content (AvgIpc) is 3.91. The predicted octanol–water partition coefficient (Wildman–Crippen LogP) is 8.21. The molecule has 0 radical (unpaired) electrons. The summed E-state index contributed by atoms with van der Waals surface area (Å²) in [5.74, 6) is 0.211. The molecule has 9 nitrogen and oxygen atoms in total.